The minimum Gasteiger partial charge on any atom is -0.456 e. The summed E-state index contributed by atoms with van der Waals surface area (Å²) in [5.41, 5.74) is 16.0. The van der Waals surface area contributed by atoms with Crippen LogP contribution in [0.2, 0.25) is 0 Å². The van der Waals surface area contributed by atoms with Gasteiger partial charge in [-0.2, -0.15) is 0 Å². The summed E-state index contributed by atoms with van der Waals surface area (Å²) in [5, 5.41) is 6.58. The number of hydrogen-bond donors (Lipinski definition) is 0. The van der Waals surface area contributed by atoms with Crippen LogP contribution in [0.15, 0.2) is 239 Å². The van der Waals surface area contributed by atoms with Crippen molar-refractivity contribution in [1.29, 1.82) is 0 Å². The molecule has 0 fully saturated rings. The van der Waals surface area contributed by atoms with Gasteiger partial charge in [-0.1, -0.05) is 170 Å². The lowest BCUT2D eigenvalue weighted by atomic mass is 9.95. The third kappa shape index (κ3) is 6.38. The lowest BCUT2D eigenvalue weighted by molar-refractivity contribution is 0.668. The quantitative estimate of drug-likeness (QED) is 0.159. The first kappa shape index (κ1) is 38.8. The van der Waals surface area contributed by atoms with E-state index in [0.717, 1.165) is 99.5 Å². The second-order valence-corrected chi connectivity index (χ2v) is 17.5. The van der Waals surface area contributed by atoms with Crippen LogP contribution in [0.1, 0.15) is 0 Å². The van der Waals surface area contributed by atoms with Crippen molar-refractivity contribution in [1.82, 2.24) is 19.5 Å². The van der Waals surface area contributed by atoms with Gasteiger partial charge < -0.3 is 13.4 Å². The maximum atomic E-state index is 6.68. The third-order valence-electron chi connectivity index (χ3n) is 13.5. The van der Waals surface area contributed by atoms with Gasteiger partial charge >= 0.3 is 0 Å². The lowest BCUT2D eigenvalue weighted by Gasteiger charge is -2.16. The molecule has 0 amide bonds. The van der Waals surface area contributed by atoms with Gasteiger partial charge in [-0.25, -0.2) is 15.0 Å². The molecule has 0 bridgehead atoms. The van der Waals surface area contributed by atoms with Gasteiger partial charge in [0.1, 0.15) is 22.3 Å². The van der Waals surface area contributed by atoms with Crippen LogP contribution >= 0.6 is 0 Å². The molecule has 0 N–H and O–H groups in total. The molecule has 14 rings (SSSR count). The highest BCUT2D eigenvalue weighted by atomic mass is 16.3. The molecule has 0 atom stereocenters. The summed E-state index contributed by atoms with van der Waals surface area (Å²) in [6.45, 7) is 0. The highest BCUT2D eigenvalue weighted by Gasteiger charge is 2.24. The van der Waals surface area contributed by atoms with Crippen LogP contribution in [0.25, 0.3) is 139 Å². The number of benzene rings is 10. The fourth-order valence-corrected chi connectivity index (χ4v) is 10.3. The average molecular weight is 883 g/mol. The van der Waals surface area contributed by atoms with Gasteiger partial charge in [-0.05, 0) is 88.5 Å². The second kappa shape index (κ2) is 15.6. The summed E-state index contributed by atoms with van der Waals surface area (Å²) >= 11 is 0. The van der Waals surface area contributed by atoms with Crippen LogP contribution in [0.4, 0.5) is 0 Å². The Labute approximate surface area is 396 Å². The summed E-state index contributed by atoms with van der Waals surface area (Å²) in [5.74, 6) is 1.85. The Morgan fingerprint density at radius 3 is 1.54 bits per heavy atom. The van der Waals surface area contributed by atoms with E-state index in [4.69, 9.17) is 23.8 Å². The number of hydrogen-bond acceptors (Lipinski definition) is 5. The van der Waals surface area contributed by atoms with Crippen molar-refractivity contribution < 1.29 is 8.83 Å². The summed E-state index contributed by atoms with van der Waals surface area (Å²) in [6.07, 6.45) is 0. The largest absolute Gasteiger partial charge is 0.456 e. The number of furan rings is 2. The van der Waals surface area contributed by atoms with Crippen LogP contribution in [-0.4, -0.2) is 19.5 Å². The Morgan fingerprint density at radius 1 is 0.275 bits per heavy atom. The Kier molecular flexibility index (Phi) is 8.79. The lowest BCUT2D eigenvalue weighted by Crippen LogP contribution is -2.00. The van der Waals surface area contributed by atoms with Gasteiger partial charge in [0.2, 0.25) is 0 Å². The summed E-state index contributed by atoms with van der Waals surface area (Å²) in [6, 6.07) is 80.5. The van der Waals surface area contributed by atoms with Crippen LogP contribution in [-0.2, 0) is 0 Å². The fourth-order valence-electron chi connectivity index (χ4n) is 10.3. The van der Waals surface area contributed by atoms with Gasteiger partial charge in [0.05, 0.1) is 22.1 Å². The van der Waals surface area contributed by atoms with E-state index in [2.05, 4.69) is 168 Å². The minimum absolute atomic E-state index is 0.604. The molecule has 6 heteroatoms. The van der Waals surface area contributed by atoms with E-state index in [1.165, 1.54) is 21.9 Å². The van der Waals surface area contributed by atoms with Crippen molar-refractivity contribution >= 4 is 65.7 Å². The molecule has 0 aliphatic rings. The molecule has 4 aromatic heterocycles. The van der Waals surface area contributed by atoms with Crippen molar-refractivity contribution in [2.75, 3.05) is 0 Å². The molecule has 0 saturated carbocycles. The zero-order valence-corrected chi connectivity index (χ0v) is 37.0. The number of aromatic nitrogens is 4. The molecular weight excluding hydrogens is 845 g/mol. The highest BCUT2D eigenvalue weighted by molar-refractivity contribution is 6.18. The van der Waals surface area contributed by atoms with E-state index in [1.807, 2.05) is 66.7 Å². The van der Waals surface area contributed by atoms with Crippen LogP contribution in [0, 0.1) is 0 Å². The van der Waals surface area contributed by atoms with Gasteiger partial charge in [-0.15, -0.1) is 0 Å². The highest BCUT2D eigenvalue weighted by Crippen LogP contribution is 2.46. The van der Waals surface area contributed by atoms with Crippen molar-refractivity contribution in [3.8, 4) is 73.2 Å². The predicted octanol–water partition coefficient (Wildman–Crippen LogP) is 16.8. The number of fused-ring (bicyclic) bond motifs is 9. The van der Waals surface area contributed by atoms with Crippen LogP contribution < -0.4 is 0 Å². The maximum Gasteiger partial charge on any atom is 0.164 e. The number of rotatable bonds is 7. The van der Waals surface area contributed by atoms with Crippen molar-refractivity contribution in [3.05, 3.63) is 231 Å². The molecule has 10 aromatic carbocycles. The molecule has 322 valence electrons. The van der Waals surface area contributed by atoms with Crippen LogP contribution in [0.3, 0.4) is 0 Å². The van der Waals surface area contributed by atoms with E-state index in [9.17, 15) is 0 Å². The fraction of sp³-hybridized carbons (Fsp3) is 0. The minimum atomic E-state index is 0.604. The smallest absolute Gasteiger partial charge is 0.164 e. The summed E-state index contributed by atoms with van der Waals surface area (Å²) in [7, 11) is 0. The molecule has 4 heterocycles. The zero-order valence-electron chi connectivity index (χ0n) is 37.0. The molecule has 0 aliphatic carbocycles. The van der Waals surface area contributed by atoms with E-state index in [-0.39, 0.29) is 0 Å². The van der Waals surface area contributed by atoms with E-state index in [0.29, 0.717) is 17.5 Å². The molecular formula is C63H38N4O2. The standard InChI is InChI=1S/C63H38N4O2/c1-4-16-39(17-5-1)42-30-33-53-50(37-42)48-24-10-12-27-52(48)67(53)60-47(32-35-57-59(60)49-25-11-13-28-54(49)68-57)44-31-34-55-51(38-44)58-46(26-15-29-56(58)69-55)43-22-14-23-45(36-43)63-65-61(40-18-6-2-7-19-40)64-62(66-63)41-20-8-3-9-21-41/h1-38H. The number of para-hydroxylation sites is 2. The first-order valence-corrected chi connectivity index (χ1v) is 23.2. The zero-order chi connectivity index (χ0) is 45.4. The topological polar surface area (TPSA) is 69.9 Å². The van der Waals surface area contributed by atoms with E-state index in [1.54, 1.807) is 0 Å². The first-order chi connectivity index (χ1) is 34.2. The normalized spacial score (nSPS) is 11.8. The molecule has 0 unspecified atom stereocenters. The molecule has 0 spiro atoms. The van der Waals surface area contributed by atoms with Gasteiger partial charge in [0.15, 0.2) is 17.5 Å². The SMILES string of the molecule is c1ccc(-c2ccc3c(c2)c2ccccc2n3-c2c(-c3ccc4oc5cccc(-c6cccc(-c7nc(-c8ccccc8)nc(-c8ccccc8)n7)c6)c5c4c3)ccc3oc4ccccc4c23)cc1. The third-order valence-corrected chi connectivity index (χ3v) is 13.5. The molecule has 0 aliphatic heterocycles. The van der Waals surface area contributed by atoms with Gasteiger partial charge in [0.25, 0.3) is 0 Å². The van der Waals surface area contributed by atoms with Crippen molar-refractivity contribution in [2.45, 2.75) is 0 Å². The van der Waals surface area contributed by atoms with Gasteiger partial charge in [0, 0.05) is 49.2 Å². The molecule has 6 nitrogen and oxygen atoms in total. The summed E-state index contributed by atoms with van der Waals surface area (Å²) < 4.78 is 15.7. The average Bonchev–Trinajstić information content (AvgIpc) is 4.10. The predicted molar refractivity (Wildman–Crippen MR) is 281 cm³/mol. The Morgan fingerprint density at radius 2 is 0.783 bits per heavy atom. The maximum absolute atomic E-state index is 6.68. The Hall–Kier alpha value is -9.39. The van der Waals surface area contributed by atoms with Crippen LogP contribution in [0.5, 0.6) is 0 Å². The van der Waals surface area contributed by atoms with Gasteiger partial charge in [-0.3, -0.25) is 0 Å². The van der Waals surface area contributed by atoms with E-state index >= 15 is 0 Å². The monoisotopic (exact) mass is 882 g/mol. The molecule has 14 aromatic rings. The summed E-state index contributed by atoms with van der Waals surface area (Å²) in [4.78, 5) is 15.0. The Bertz CT molecular complexity index is 4250. The number of nitrogens with zero attached hydrogens (tertiary/aromatic N) is 4. The van der Waals surface area contributed by atoms with Crippen molar-refractivity contribution in [3.63, 3.8) is 0 Å². The molecule has 0 radical (unpaired) electrons. The van der Waals surface area contributed by atoms with Crippen molar-refractivity contribution in [2.24, 2.45) is 0 Å². The van der Waals surface area contributed by atoms with E-state index < -0.39 is 0 Å². The molecule has 69 heavy (non-hydrogen) atoms. The molecule has 0 saturated heterocycles. The second-order valence-electron chi connectivity index (χ2n) is 17.5. The Balaban J connectivity index is 0.969. The first-order valence-electron chi connectivity index (χ1n) is 23.2.